The van der Waals surface area contributed by atoms with Gasteiger partial charge in [-0.05, 0) is 63.1 Å². The van der Waals surface area contributed by atoms with E-state index in [1.165, 1.54) is 0 Å². The predicted molar refractivity (Wildman–Crippen MR) is 111 cm³/mol. The van der Waals surface area contributed by atoms with E-state index >= 15 is 0 Å². The maximum Gasteiger partial charge on any atom is 0.248 e. The average Bonchev–Trinajstić information content (AvgIpc) is 2.98. The molecule has 1 amide bonds. The number of rotatable bonds is 5. The molecular weight excluding hydrogens is 362 g/mol. The minimum atomic E-state index is -0.223. The van der Waals surface area contributed by atoms with E-state index < -0.39 is 0 Å². The van der Waals surface area contributed by atoms with Gasteiger partial charge in [0.05, 0.1) is 12.9 Å². The molecule has 2 aromatic carbocycles. The lowest BCUT2D eigenvalue weighted by Crippen LogP contribution is -2.09. The lowest BCUT2D eigenvalue weighted by Gasteiger charge is -2.14. The van der Waals surface area contributed by atoms with Gasteiger partial charge in [0.25, 0.3) is 0 Å². The van der Waals surface area contributed by atoms with E-state index in [0.29, 0.717) is 17.3 Å². The van der Waals surface area contributed by atoms with Crippen molar-refractivity contribution in [3.63, 3.8) is 0 Å². The van der Waals surface area contributed by atoms with Crippen LogP contribution in [0.25, 0.3) is 16.5 Å². The number of benzene rings is 2. The Balaban J connectivity index is 1.99. The number of carbonyl (C=O) groups excluding carboxylic acids is 1. The summed E-state index contributed by atoms with van der Waals surface area (Å²) in [6.45, 7) is 8.34. The number of furan rings is 1. The topological polar surface area (TPSA) is 51.5 Å². The Kier molecular flexibility index (Phi) is 5.57. The number of carbonyl (C=O) groups is 1. The number of anilines is 1. The Morgan fingerprint density at radius 2 is 2.07 bits per heavy atom. The molecule has 0 fully saturated rings. The normalized spacial score (nSPS) is 11.7. The molecule has 0 radical (unpaired) electrons. The van der Waals surface area contributed by atoms with Crippen LogP contribution in [0.2, 0.25) is 5.02 Å². The Hall–Kier alpha value is -2.72. The first kappa shape index (κ1) is 19.1. The molecule has 0 atom stereocenters. The molecule has 5 heteroatoms. The summed E-state index contributed by atoms with van der Waals surface area (Å²) in [7, 11) is 0. The molecule has 0 saturated carbocycles. The monoisotopic (exact) mass is 383 g/mol. The Labute approximate surface area is 163 Å². The van der Waals surface area contributed by atoms with Gasteiger partial charge in [-0.15, -0.1) is 0 Å². The molecule has 1 N–H and O–H groups in total. The third-order valence-electron chi connectivity index (χ3n) is 4.39. The highest BCUT2D eigenvalue weighted by Crippen LogP contribution is 2.37. The van der Waals surface area contributed by atoms with Gasteiger partial charge in [0.2, 0.25) is 5.91 Å². The van der Waals surface area contributed by atoms with Crippen molar-refractivity contribution in [1.82, 2.24) is 0 Å². The van der Waals surface area contributed by atoms with Crippen molar-refractivity contribution < 1.29 is 13.9 Å². The molecule has 0 aliphatic rings. The maximum atomic E-state index is 12.5. The van der Waals surface area contributed by atoms with Crippen molar-refractivity contribution in [2.75, 3.05) is 11.9 Å². The molecule has 0 unspecified atom stereocenters. The standard InChI is InChI=1S/C22H22ClNO3/c1-5-26-21-15(4)22-19(14(3)12-27-22)11-18(21)13(2)9-20(25)24-17-8-6-7-16(23)10-17/h6-12H,5H2,1-4H3,(H,24,25)/b13-9+. The van der Waals surface area contributed by atoms with Crippen molar-refractivity contribution in [3.8, 4) is 5.75 Å². The zero-order valence-corrected chi connectivity index (χ0v) is 16.6. The lowest BCUT2D eigenvalue weighted by atomic mass is 9.98. The number of ether oxygens (including phenoxy) is 1. The van der Waals surface area contributed by atoms with E-state index in [-0.39, 0.29) is 5.91 Å². The molecule has 140 valence electrons. The molecule has 27 heavy (non-hydrogen) atoms. The van der Waals surface area contributed by atoms with Crippen molar-refractivity contribution in [3.05, 3.63) is 64.4 Å². The number of amides is 1. The van der Waals surface area contributed by atoms with Gasteiger partial charge >= 0.3 is 0 Å². The van der Waals surface area contributed by atoms with Crippen LogP contribution in [-0.4, -0.2) is 12.5 Å². The molecule has 0 aliphatic heterocycles. The van der Waals surface area contributed by atoms with Crippen LogP contribution in [0.5, 0.6) is 5.75 Å². The summed E-state index contributed by atoms with van der Waals surface area (Å²) in [5, 5.41) is 4.43. The summed E-state index contributed by atoms with van der Waals surface area (Å²) in [5.41, 5.74) is 5.14. The van der Waals surface area contributed by atoms with Gasteiger partial charge in [-0.25, -0.2) is 0 Å². The van der Waals surface area contributed by atoms with E-state index in [1.807, 2.05) is 33.8 Å². The highest BCUT2D eigenvalue weighted by Gasteiger charge is 2.17. The molecule has 4 nitrogen and oxygen atoms in total. The summed E-state index contributed by atoms with van der Waals surface area (Å²) < 4.78 is 11.6. The third-order valence-corrected chi connectivity index (χ3v) is 4.63. The number of aryl methyl sites for hydroxylation is 2. The Morgan fingerprint density at radius 1 is 1.30 bits per heavy atom. The smallest absolute Gasteiger partial charge is 0.248 e. The molecule has 1 heterocycles. The Bertz CT molecular complexity index is 1030. The first-order valence-corrected chi connectivity index (χ1v) is 9.18. The van der Waals surface area contributed by atoms with Gasteiger partial charge in [-0.1, -0.05) is 17.7 Å². The zero-order chi connectivity index (χ0) is 19.6. The fourth-order valence-corrected chi connectivity index (χ4v) is 3.27. The summed E-state index contributed by atoms with van der Waals surface area (Å²) in [6, 6.07) is 9.08. The van der Waals surface area contributed by atoms with Crippen molar-refractivity contribution in [2.24, 2.45) is 0 Å². The first-order valence-electron chi connectivity index (χ1n) is 8.80. The number of hydrogen-bond donors (Lipinski definition) is 1. The van der Waals surface area contributed by atoms with Crippen molar-refractivity contribution >= 4 is 39.7 Å². The minimum absolute atomic E-state index is 0.223. The van der Waals surface area contributed by atoms with Gasteiger partial charge < -0.3 is 14.5 Å². The summed E-state index contributed by atoms with van der Waals surface area (Å²) >= 11 is 5.97. The molecule has 0 bridgehead atoms. The molecule has 0 aliphatic carbocycles. The van der Waals surface area contributed by atoms with Crippen LogP contribution >= 0.6 is 11.6 Å². The molecule has 0 spiro atoms. The maximum absolute atomic E-state index is 12.5. The van der Waals surface area contributed by atoms with Crippen LogP contribution in [0.15, 0.2) is 47.1 Å². The third kappa shape index (κ3) is 4.01. The summed E-state index contributed by atoms with van der Waals surface area (Å²) in [5.74, 6) is 0.516. The van der Waals surface area contributed by atoms with Crippen molar-refractivity contribution in [1.29, 1.82) is 0 Å². The fraction of sp³-hybridized carbons (Fsp3) is 0.227. The second-order valence-electron chi connectivity index (χ2n) is 6.43. The lowest BCUT2D eigenvalue weighted by molar-refractivity contribution is -0.111. The van der Waals surface area contributed by atoms with E-state index in [2.05, 4.69) is 5.32 Å². The van der Waals surface area contributed by atoms with Crippen LogP contribution in [0, 0.1) is 13.8 Å². The van der Waals surface area contributed by atoms with E-state index in [9.17, 15) is 4.79 Å². The zero-order valence-electron chi connectivity index (χ0n) is 15.9. The van der Waals surface area contributed by atoms with Crippen LogP contribution in [0.1, 0.15) is 30.5 Å². The predicted octanol–water partition coefficient (Wildman–Crippen LogP) is 6.14. The number of allylic oxidation sites excluding steroid dienone is 1. The van der Waals surface area contributed by atoms with Crippen LogP contribution in [-0.2, 0) is 4.79 Å². The number of fused-ring (bicyclic) bond motifs is 1. The fourth-order valence-electron chi connectivity index (χ4n) is 3.08. The molecule has 3 aromatic rings. The Morgan fingerprint density at radius 3 is 2.78 bits per heavy atom. The van der Waals surface area contributed by atoms with Crippen LogP contribution < -0.4 is 10.1 Å². The average molecular weight is 384 g/mol. The molecular formula is C22H22ClNO3. The van der Waals surface area contributed by atoms with E-state index in [4.69, 9.17) is 20.8 Å². The highest BCUT2D eigenvalue weighted by molar-refractivity contribution is 6.30. The molecule has 0 saturated heterocycles. The molecule has 1 aromatic heterocycles. The summed E-state index contributed by atoms with van der Waals surface area (Å²) in [4.78, 5) is 12.5. The largest absolute Gasteiger partial charge is 0.493 e. The summed E-state index contributed by atoms with van der Waals surface area (Å²) in [6.07, 6.45) is 3.31. The molecule has 3 rings (SSSR count). The number of nitrogens with one attached hydrogen (secondary N) is 1. The van der Waals surface area contributed by atoms with Gasteiger partial charge in [-0.3, -0.25) is 4.79 Å². The number of hydrogen-bond acceptors (Lipinski definition) is 3. The SMILES string of the molecule is CCOc1c(/C(C)=C/C(=O)Nc2cccc(Cl)c2)cc2c(C)coc2c1C. The van der Waals surface area contributed by atoms with Gasteiger partial charge in [0.1, 0.15) is 11.3 Å². The first-order chi connectivity index (χ1) is 12.9. The van der Waals surface area contributed by atoms with E-state index in [0.717, 1.165) is 39.0 Å². The van der Waals surface area contributed by atoms with Gasteiger partial charge in [-0.2, -0.15) is 0 Å². The second-order valence-corrected chi connectivity index (χ2v) is 6.87. The van der Waals surface area contributed by atoms with Crippen LogP contribution in [0.3, 0.4) is 0 Å². The van der Waals surface area contributed by atoms with E-state index in [1.54, 1.807) is 36.6 Å². The van der Waals surface area contributed by atoms with Crippen LogP contribution in [0.4, 0.5) is 5.69 Å². The highest BCUT2D eigenvalue weighted by atomic mass is 35.5. The number of halogens is 1. The second kappa shape index (κ2) is 7.89. The van der Waals surface area contributed by atoms with Crippen molar-refractivity contribution in [2.45, 2.75) is 27.7 Å². The van der Waals surface area contributed by atoms with Gasteiger partial charge in [0.15, 0.2) is 0 Å². The minimum Gasteiger partial charge on any atom is -0.493 e. The van der Waals surface area contributed by atoms with Gasteiger partial charge in [0, 0.05) is 33.3 Å². The quantitative estimate of drug-likeness (QED) is 0.538.